The molecule has 1 N–H and O–H groups in total. The van der Waals surface area contributed by atoms with E-state index in [9.17, 15) is 4.79 Å². The molecule has 0 aliphatic rings. The molecule has 1 heterocycles. The van der Waals surface area contributed by atoms with Crippen LogP contribution in [0, 0.1) is 6.92 Å². The fourth-order valence-electron chi connectivity index (χ4n) is 3.11. The summed E-state index contributed by atoms with van der Waals surface area (Å²) in [5, 5.41) is 6.81. The van der Waals surface area contributed by atoms with Gasteiger partial charge in [0.05, 0.1) is 5.69 Å². The predicted octanol–water partition coefficient (Wildman–Crippen LogP) is 4.92. The van der Waals surface area contributed by atoms with Crippen LogP contribution in [0.25, 0.3) is 11.3 Å². The number of aryl methyl sites for hydroxylation is 1. The van der Waals surface area contributed by atoms with Gasteiger partial charge < -0.3 is 4.74 Å². The maximum absolute atomic E-state index is 12.2. The molecule has 0 bridgehead atoms. The topological polar surface area (TPSA) is 55.0 Å². The minimum atomic E-state index is -0.162. The standard InChI is InChI=1S/C25H22N2O2/c1-18-7-11-21(12-8-18)24-16-22(25(28)27-26-24)15-19-9-13-23(14-10-19)29-17-20-5-3-2-4-6-20/h2-14,16H,15,17H2,1H3,(H,27,28). The molecule has 0 saturated carbocycles. The van der Waals surface area contributed by atoms with E-state index >= 15 is 0 Å². The van der Waals surface area contributed by atoms with Gasteiger partial charge in [0, 0.05) is 17.5 Å². The van der Waals surface area contributed by atoms with Crippen LogP contribution in [0.15, 0.2) is 89.7 Å². The Labute approximate surface area is 169 Å². The summed E-state index contributed by atoms with van der Waals surface area (Å²) in [6, 6.07) is 27.9. The molecular weight excluding hydrogens is 360 g/mol. The van der Waals surface area contributed by atoms with E-state index in [1.807, 2.05) is 91.9 Å². The summed E-state index contributed by atoms with van der Waals surface area (Å²) in [6.45, 7) is 2.58. The highest BCUT2D eigenvalue weighted by atomic mass is 16.5. The molecular formula is C25H22N2O2. The number of hydrogen-bond donors (Lipinski definition) is 1. The Kier molecular flexibility index (Phi) is 5.52. The van der Waals surface area contributed by atoms with Crippen LogP contribution in [0.3, 0.4) is 0 Å². The van der Waals surface area contributed by atoms with E-state index < -0.39 is 0 Å². The molecule has 0 atom stereocenters. The zero-order chi connectivity index (χ0) is 20.1. The Morgan fingerprint density at radius 2 is 1.59 bits per heavy atom. The van der Waals surface area contributed by atoms with Crippen LogP contribution in [0.2, 0.25) is 0 Å². The zero-order valence-electron chi connectivity index (χ0n) is 16.3. The molecule has 0 aliphatic heterocycles. The Morgan fingerprint density at radius 3 is 2.31 bits per heavy atom. The van der Waals surface area contributed by atoms with Crippen molar-refractivity contribution in [2.24, 2.45) is 0 Å². The van der Waals surface area contributed by atoms with Crippen LogP contribution < -0.4 is 10.3 Å². The lowest BCUT2D eigenvalue weighted by Gasteiger charge is -2.08. The summed E-state index contributed by atoms with van der Waals surface area (Å²) in [7, 11) is 0. The van der Waals surface area contributed by atoms with Crippen LogP contribution in [-0.2, 0) is 13.0 Å². The molecule has 3 aromatic carbocycles. The van der Waals surface area contributed by atoms with Gasteiger partial charge in [0.25, 0.3) is 5.56 Å². The molecule has 4 rings (SSSR count). The minimum Gasteiger partial charge on any atom is -0.489 e. The van der Waals surface area contributed by atoms with Gasteiger partial charge in [0.2, 0.25) is 0 Å². The molecule has 0 fully saturated rings. The monoisotopic (exact) mass is 382 g/mol. The lowest BCUT2D eigenvalue weighted by Crippen LogP contribution is -2.15. The highest BCUT2D eigenvalue weighted by Crippen LogP contribution is 2.19. The van der Waals surface area contributed by atoms with E-state index in [2.05, 4.69) is 10.2 Å². The summed E-state index contributed by atoms with van der Waals surface area (Å²) in [5.41, 5.74) is 5.64. The van der Waals surface area contributed by atoms with Crippen molar-refractivity contribution in [1.29, 1.82) is 0 Å². The number of aromatic amines is 1. The molecule has 4 heteroatoms. The van der Waals surface area contributed by atoms with Crippen molar-refractivity contribution >= 4 is 0 Å². The van der Waals surface area contributed by atoms with Crippen molar-refractivity contribution in [3.63, 3.8) is 0 Å². The highest BCUT2D eigenvalue weighted by Gasteiger charge is 2.07. The number of ether oxygens (including phenoxy) is 1. The predicted molar refractivity (Wildman–Crippen MR) is 115 cm³/mol. The van der Waals surface area contributed by atoms with Crippen LogP contribution in [-0.4, -0.2) is 10.2 Å². The summed E-state index contributed by atoms with van der Waals surface area (Å²) in [6.07, 6.45) is 0.537. The summed E-state index contributed by atoms with van der Waals surface area (Å²) in [4.78, 5) is 12.2. The van der Waals surface area contributed by atoms with Crippen molar-refractivity contribution in [1.82, 2.24) is 10.2 Å². The maximum Gasteiger partial charge on any atom is 0.267 e. The average molecular weight is 382 g/mol. The lowest BCUT2D eigenvalue weighted by molar-refractivity contribution is 0.306. The molecule has 0 saturated heterocycles. The Bertz CT molecular complexity index is 1130. The van der Waals surface area contributed by atoms with Gasteiger partial charge in [-0.15, -0.1) is 0 Å². The van der Waals surface area contributed by atoms with Gasteiger partial charge in [0.15, 0.2) is 0 Å². The fraction of sp³-hybridized carbons (Fsp3) is 0.120. The molecule has 144 valence electrons. The van der Waals surface area contributed by atoms with Crippen molar-refractivity contribution < 1.29 is 4.74 Å². The summed E-state index contributed by atoms with van der Waals surface area (Å²) in [5.74, 6) is 0.807. The van der Waals surface area contributed by atoms with E-state index in [1.165, 1.54) is 5.56 Å². The van der Waals surface area contributed by atoms with Crippen LogP contribution in [0.4, 0.5) is 0 Å². The van der Waals surface area contributed by atoms with E-state index in [-0.39, 0.29) is 5.56 Å². The van der Waals surface area contributed by atoms with Crippen LogP contribution >= 0.6 is 0 Å². The molecule has 0 amide bonds. The van der Waals surface area contributed by atoms with Crippen molar-refractivity contribution in [2.75, 3.05) is 0 Å². The third-order valence-electron chi connectivity index (χ3n) is 4.79. The number of H-pyrrole nitrogens is 1. The average Bonchev–Trinajstić information content (AvgIpc) is 2.76. The second kappa shape index (κ2) is 8.57. The van der Waals surface area contributed by atoms with Gasteiger partial charge in [-0.2, -0.15) is 5.10 Å². The molecule has 29 heavy (non-hydrogen) atoms. The first-order chi connectivity index (χ1) is 14.2. The molecule has 4 nitrogen and oxygen atoms in total. The molecule has 0 radical (unpaired) electrons. The first kappa shape index (κ1) is 18.7. The summed E-state index contributed by atoms with van der Waals surface area (Å²) < 4.78 is 5.83. The van der Waals surface area contributed by atoms with Gasteiger partial charge >= 0.3 is 0 Å². The molecule has 0 unspecified atom stereocenters. The van der Waals surface area contributed by atoms with Crippen molar-refractivity contribution in [2.45, 2.75) is 20.0 Å². The van der Waals surface area contributed by atoms with Crippen molar-refractivity contribution in [3.8, 4) is 17.0 Å². The second-order valence-electron chi connectivity index (χ2n) is 7.07. The summed E-state index contributed by atoms with van der Waals surface area (Å²) >= 11 is 0. The number of nitrogens with one attached hydrogen (secondary N) is 1. The smallest absolute Gasteiger partial charge is 0.267 e. The lowest BCUT2D eigenvalue weighted by atomic mass is 10.0. The SMILES string of the molecule is Cc1ccc(-c2cc(Cc3ccc(OCc4ccccc4)cc3)c(=O)[nH]n2)cc1. The number of rotatable bonds is 6. The molecule has 0 spiro atoms. The normalized spacial score (nSPS) is 10.7. The van der Waals surface area contributed by atoms with Gasteiger partial charge in [-0.25, -0.2) is 5.10 Å². The Hall–Kier alpha value is -3.66. The van der Waals surface area contributed by atoms with Gasteiger partial charge in [-0.1, -0.05) is 72.3 Å². The van der Waals surface area contributed by atoms with E-state index in [0.717, 1.165) is 28.1 Å². The molecule has 0 aliphatic carbocycles. The number of nitrogens with zero attached hydrogens (tertiary/aromatic N) is 1. The largest absolute Gasteiger partial charge is 0.489 e. The number of hydrogen-bond acceptors (Lipinski definition) is 3. The Morgan fingerprint density at radius 1 is 0.862 bits per heavy atom. The van der Waals surface area contributed by atoms with E-state index in [0.29, 0.717) is 18.6 Å². The van der Waals surface area contributed by atoms with Gasteiger partial charge in [-0.05, 0) is 36.2 Å². The maximum atomic E-state index is 12.2. The third-order valence-corrected chi connectivity index (χ3v) is 4.79. The van der Waals surface area contributed by atoms with Crippen LogP contribution in [0.1, 0.15) is 22.3 Å². The van der Waals surface area contributed by atoms with Gasteiger partial charge in [-0.3, -0.25) is 4.79 Å². The van der Waals surface area contributed by atoms with Crippen LogP contribution in [0.5, 0.6) is 5.75 Å². The molecule has 4 aromatic rings. The third kappa shape index (κ3) is 4.79. The fourth-order valence-corrected chi connectivity index (χ4v) is 3.11. The number of aromatic nitrogens is 2. The first-order valence-electron chi connectivity index (χ1n) is 9.59. The van der Waals surface area contributed by atoms with E-state index in [4.69, 9.17) is 4.74 Å². The minimum absolute atomic E-state index is 0.162. The zero-order valence-corrected chi connectivity index (χ0v) is 16.3. The van der Waals surface area contributed by atoms with E-state index in [1.54, 1.807) is 0 Å². The quantitative estimate of drug-likeness (QED) is 0.515. The molecule has 1 aromatic heterocycles. The number of benzene rings is 3. The van der Waals surface area contributed by atoms with Crippen molar-refractivity contribution in [3.05, 3.63) is 118 Å². The first-order valence-corrected chi connectivity index (χ1v) is 9.59. The highest BCUT2D eigenvalue weighted by molar-refractivity contribution is 5.59. The Balaban J connectivity index is 1.46. The second-order valence-corrected chi connectivity index (χ2v) is 7.07. The van der Waals surface area contributed by atoms with Gasteiger partial charge in [0.1, 0.15) is 12.4 Å².